The van der Waals surface area contributed by atoms with E-state index in [-0.39, 0.29) is 6.04 Å². The van der Waals surface area contributed by atoms with Gasteiger partial charge in [-0.15, -0.1) is 0 Å². The highest BCUT2D eigenvalue weighted by atomic mass is 15.0. The van der Waals surface area contributed by atoms with Gasteiger partial charge in [0.1, 0.15) is 5.82 Å². The summed E-state index contributed by atoms with van der Waals surface area (Å²) in [5.74, 6) is 1.46. The maximum absolute atomic E-state index is 6.16. The summed E-state index contributed by atoms with van der Waals surface area (Å²) >= 11 is 0. The summed E-state index contributed by atoms with van der Waals surface area (Å²) in [6.07, 6.45) is 0.946. The van der Waals surface area contributed by atoms with Gasteiger partial charge in [-0.05, 0) is 19.3 Å². The standard InChI is InChI=1S/C15H21N3/c1-10(2)9-13(16)15-17-11(3)14(18-15)12-7-5-4-6-8-12/h4-8,10,13H,9,16H2,1-3H3,(H,17,18). The normalized spacial score (nSPS) is 12.9. The second kappa shape index (κ2) is 5.36. The first-order valence-corrected chi connectivity index (χ1v) is 6.45. The van der Waals surface area contributed by atoms with Crippen molar-refractivity contribution in [1.82, 2.24) is 9.97 Å². The number of hydrogen-bond acceptors (Lipinski definition) is 2. The van der Waals surface area contributed by atoms with Gasteiger partial charge in [0.15, 0.2) is 0 Å². The van der Waals surface area contributed by atoms with E-state index in [4.69, 9.17) is 5.73 Å². The molecule has 96 valence electrons. The van der Waals surface area contributed by atoms with Gasteiger partial charge >= 0.3 is 0 Å². The molecular formula is C15H21N3. The molecule has 0 radical (unpaired) electrons. The zero-order valence-corrected chi connectivity index (χ0v) is 11.3. The topological polar surface area (TPSA) is 54.7 Å². The lowest BCUT2D eigenvalue weighted by atomic mass is 10.0. The molecule has 0 aliphatic carbocycles. The number of aromatic nitrogens is 2. The minimum absolute atomic E-state index is 0.0128. The second-order valence-electron chi connectivity index (χ2n) is 5.20. The summed E-state index contributed by atoms with van der Waals surface area (Å²) < 4.78 is 0. The van der Waals surface area contributed by atoms with E-state index >= 15 is 0 Å². The molecular weight excluding hydrogens is 222 g/mol. The Hall–Kier alpha value is -1.61. The molecule has 3 N–H and O–H groups in total. The van der Waals surface area contributed by atoms with Crippen molar-refractivity contribution >= 4 is 0 Å². The molecule has 3 nitrogen and oxygen atoms in total. The summed E-state index contributed by atoms with van der Waals surface area (Å²) in [6, 6.07) is 10.2. The first-order chi connectivity index (χ1) is 8.58. The highest BCUT2D eigenvalue weighted by molar-refractivity contribution is 5.61. The van der Waals surface area contributed by atoms with Crippen LogP contribution in [0.1, 0.15) is 37.8 Å². The maximum atomic E-state index is 6.16. The lowest BCUT2D eigenvalue weighted by Crippen LogP contribution is -2.14. The molecule has 1 atom stereocenters. The second-order valence-corrected chi connectivity index (χ2v) is 5.20. The van der Waals surface area contributed by atoms with E-state index in [2.05, 4.69) is 35.9 Å². The van der Waals surface area contributed by atoms with Gasteiger partial charge in [-0.1, -0.05) is 44.2 Å². The Balaban J connectivity index is 2.27. The molecule has 0 fully saturated rings. The van der Waals surface area contributed by atoms with Crippen LogP contribution < -0.4 is 5.73 Å². The molecule has 0 spiro atoms. The third-order valence-corrected chi connectivity index (χ3v) is 3.03. The van der Waals surface area contributed by atoms with E-state index in [0.29, 0.717) is 5.92 Å². The first-order valence-electron chi connectivity index (χ1n) is 6.45. The summed E-state index contributed by atoms with van der Waals surface area (Å²) in [5, 5.41) is 0. The molecule has 1 aromatic carbocycles. The van der Waals surface area contributed by atoms with Crippen LogP contribution in [-0.2, 0) is 0 Å². The number of aromatic amines is 1. The number of H-pyrrole nitrogens is 1. The number of aryl methyl sites for hydroxylation is 1. The first kappa shape index (κ1) is 12.8. The van der Waals surface area contributed by atoms with E-state index in [1.165, 1.54) is 0 Å². The molecule has 2 aromatic rings. The maximum Gasteiger partial charge on any atom is 0.124 e. The van der Waals surface area contributed by atoms with Crippen molar-refractivity contribution in [3.63, 3.8) is 0 Å². The van der Waals surface area contributed by atoms with Crippen LogP contribution in [0.2, 0.25) is 0 Å². The Labute approximate surface area is 108 Å². The quantitative estimate of drug-likeness (QED) is 0.864. The number of hydrogen-bond donors (Lipinski definition) is 2. The van der Waals surface area contributed by atoms with Gasteiger partial charge in [-0.25, -0.2) is 4.98 Å². The molecule has 0 aliphatic heterocycles. The zero-order chi connectivity index (χ0) is 13.1. The molecule has 1 aromatic heterocycles. The number of nitrogens with one attached hydrogen (secondary N) is 1. The molecule has 2 rings (SSSR count). The Morgan fingerprint density at radius 3 is 2.50 bits per heavy atom. The van der Waals surface area contributed by atoms with Crippen LogP contribution in [0.25, 0.3) is 11.3 Å². The summed E-state index contributed by atoms with van der Waals surface area (Å²) in [7, 11) is 0. The van der Waals surface area contributed by atoms with Crippen LogP contribution in [0.4, 0.5) is 0 Å². The predicted octanol–water partition coefficient (Wildman–Crippen LogP) is 3.43. The number of benzene rings is 1. The Morgan fingerprint density at radius 2 is 1.89 bits per heavy atom. The molecule has 0 aliphatic rings. The molecule has 1 heterocycles. The van der Waals surface area contributed by atoms with Crippen LogP contribution >= 0.6 is 0 Å². The van der Waals surface area contributed by atoms with Crippen LogP contribution in [0.3, 0.4) is 0 Å². The average molecular weight is 243 g/mol. The van der Waals surface area contributed by atoms with E-state index < -0.39 is 0 Å². The van der Waals surface area contributed by atoms with Crippen molar-refractivity contribution in [2.75, 3.05) is 0 Å². The van der Waals surface area contributed by atoms with Gasteiger partial charge in [0.05, 0.1) is 11.7 Å². The third-order valence-electron chi connectivity index (χ3n) is 3.03. The summed E-state index contributed by atoms with van der Waals surface area (Å²) in [6.45, 7) is 6.39. The van der Waals surface area contributed by atoms with E-state index in [1.54, 1.807) is 0 Å². The van der Waals surface area contributed by atoms with Crippen molar-refractivity contribution in [1.29, 1.82) is 0 Å². The summed E-state index contributed by atoms with van der Waals surface area (Å²) in [5.41, 5.74) is 9.38. The number of rotatable bonds is 4. The largest absolute Gasteiger partial charge is 0.344 e. The minimum atomic E-state index is -0.0128. The van der Waals surface area contributed by atoms with Crippen LogP contribution in [0.5, 0.6) is 0 Å². The fourth-order valence-corrected chi connectivity index (χ4v) is 2.16. The molecule has 1 unspecified atom stereocenters. The monoisotopic (exact) mass is 243 g/mol. The van der Waals surface area contributed by atoms with Crippen LogP contribution in [0, 0.1) is 12.8 Å². The van der Waals surface area contributed by atoms with Gasteiger partial charge in [-0.2, -0.15) is 0 Å². The fourth-order valence-electron chi connectivity index (χ4n) is 2.16. The van der Waals surface area contributed by atoms with E-state index in [9.17, 15) is 0 Å². The van der Waals surface area contributed by atoms with Gasteiger partial charge in [0.2, 0.25) is 0 Å². The lowest BCUT2D eigenvalue weighted by Gasteiger charge is -2.10. The average Bonchev–Trinajstić information content (AvgIpc) is 2.72. The lowest BCUT2D eigenvalue weighted by molar-refractivity contribution is 0.495. The molecule has 0 amide bonds. The highest BCUT2D eigenvalue weighted by Gasteiger charge is 2.15. The molecule has 18 heavy (non-hydrogen) atoms. The Bertz CT molecular complexity index is 500. The van der Waals surface area contributed by atoms with Gasteiger partial charge in [0, 0.05) is 11.3 Å². The number of imidazole rings is 1. The van der Waals surface area contributed by atoms with Crippen molar-refractivity contribution in [2.24, 2.45) is 11.7 Å². The molecule has 0 saturated heterocycles. The SMILES string of the molecule is Cc1[nH]c(C(N)CC(C)C)nc1-c1ccccc1. The number of nitrogens with zero attached hydrogens (tertiary/aromatic N) is 1. The number of nitrogens with two attached hydrogens (primary N) is 1. The fraction of sp³-hybridized carbons (Fsp3) is 0.400. The molecule has 0 saturated carbocycles. The smallest absolute Gasteiger partial charge is 0.124 e. The van der Waals surface area contributed by atoms with Crippen LogP contribution in [-0.4, -0.2) is 9.97 Å². The van der Waals surface area contributed by atoms with Gasteiger partial charge in [0.25, 0.3) is 0 Å². The van der Waals surface area contributed by atoms with Gasteiger partial charge in [-0.3, -0.25) is 0 Å². The molecule has 0 bridgehead atoms. The third kappa shape index (κ3) is 2.79. The van der Waals surface area contributed by atoms with Crippen molar-refractivity contribution in [3.8, 4) is 11.3 Å². The Morgan fingerprint density at radius 1 is 1.22 bits per heavy atom. The van der Waals surface area contributed by atoms with E-state index in [1.807, 2.05) is 25.1 Å². The van der Waals surface area contributed by atoms with Crippen molar-refractivity contribution in [3.05, 3.63) is 41.9 Å². The van der Waals surface area contributed by atoms with Crippen LogP contribution in [0.15, 0.2) is 30.3 Å². The minimum Gasteiger partial charge on any atom is -0.344 e. The van der Waals surface area contributed by atoms with Crippen molar-refractivity contribution in [2.45, 2.75) is 33.2 Å². The molecule has 3 heteroatoms. The van der Waals surface area contributed by atoms with Crippen molar-refractivity contribution < 1.29 is 0 Å². The predicted molar refractivity (Wildman–Crippen MR) is 75.1 cm³/mol. The van der Waals surface area contributed by atoms with E-state index in [0.717, 1.165) is 29.2 Å². The van der Waals surface area contributed by atoms with Gasteiger partial charge < -0.3 is 10.7 Å². The Kier molecular flexibility index (Phi) is 3.82. The highest BCUT2D eigenvalue weighted by Crippen LogP contribution is 2.24. The zero-order valence-electron chi connectivity index (χ0n) is 11.3. The summed E-state index contributed by atoms with van der Waals surface area (Å²) in [4.78, 5) is 7.96.